The monoisotopic (exact) mass is 647 g/mol. The van der Waals surface area contributed by atoms with Gasteiger partial charge in [-0.3, -0.25) is 14.6 Å². The number of hydrogen-bond donors (Lipinski definition) is 2. The third-order valence-corrected chi connectivity index (χ3v) is 9.66. The van der Waals surface area contributed by atoms with E-state index < -0.39 is 0 Å². The highest BCUT2D eigenvalue weighted by molar-refractivity contribution is 6.42. The Hall–Kier alpha value is -3.85. The van der Waals surface area contributed by atoms with Crippen LogP contribution in [0.3, 0.4) is 0 Å². The molecule has 1 saturated heterocycles. The molecule has 45 heavy (non-hydrogen) atoms. The SMILES string of the molecule is CC(=O)N(Cc1ccc(Cl)c(Cl)c1)C[C@@H](Cc1c[nH]c2ccccc12)N(C(C)=O)N1CCC(c2c[nH]c3ccc(F)cc23)CC1. The van der Waals surface area contributed by atoms with E-state index in [0.29, 0.717) is 42.6 Å². The molecule has 0 spiro atoms. The van der Waals surface area contributed by atoms with Crippen molar-refractivity contribution in [3.8, 4) is 0 Å². The number of benzene rings is 3. The summed E-state index contributed by atoms with van der Waals surface area (Å²) in [5.41, 5.74) is 4.99. The molecule has 0 bridgehead atoms. The van der Waals surface area contributed by atoms with Gasteiger partial charge in [0.15, 0.2) is 0 Å². The largest absolute Gasteiger partial charge is 0.361 e. The van der Waals surface area contributed by atoms with E-state index in [0.717, 1.165) is 51.3 Å². The first-order valence-corrected chi connectivity index (χ1v) is 16.0. The number of carbonyl (C=O) groups excluding carboxylic acids is 2. The molecule has 6 rings (SSSR count). The smallest absolute Gasteiger partial charge is 0.234 e. The van der Waals surface area contributed by atoms with Crippen LogP contribution in [0.2, 0.25) is 10.0 Å². The molecule has 0 radical (unpaired) electrons. The highest BCUT2D eigenvalue weighted by Gasteiger charge is 2.34. The molecule has 2 N–H and O–H groups in total. The number of H-pyrrole nitrogens is 2. The maximum atomic E-state index is 14.1. The number of hydrazine groups is 1. The van der Waals surface area contributed by atoms with Crippen LogP contribution in [-0.2, 0) is 22.6 Å². The number of halogens is 3. The first-order valence-electron chi connectivity index (χ1n) is 15.2. The van der Waals surface area contributed by atoms with Crippen LogP contribution >= 0.6 is 23.2 Å². The second kappa shape index (κ2) is 13.3. The van der Waals surface area contributed by atoms with E-state index in [1.807, 2.05) is 41.7 Å². The van der Waals surface area contributed by atoms with Crippen LogP contribution in [0.1, 0.15) is 49.3 Å². The standard InChI is InChI=1S/C35H36Cl2FN5O2/c1-22(44)41(20-24-7-9-32(36)33(37)15-24)21-28(16-26-18-39-34-6-4-3-5-29(26)34)43(23(2)45)42-13-11-25(12-14-42)31-19-40-35-10-8-27(38)17-30(31)35/h3-10,15,17-19,25,28,39-40H,11-14,16,20-21H2,1-2H3/t28-/m1/s1. The van der Waals surface area contributed by atoms with Crippen LogP contribution in [0.4, 0.5) is 4.39 Å². The minimum atomic E-state index is -0.327. The van der Waals surface area contributed by atoms with Crippen molar-refractivity contribution in [3.05, 3.63) is 106 Å². The lowest BCUT2D eigenvalue weighted by molar-refractivity contribution is -0.158. The van der Waals surface area contributed by atoms with Crippen molar-refractivity contribution in [1.29, 1.82) is 0 Å². The van der Waals surface area contributed by atoms with Crippen molar-refractivity contribution in [2.75, 3.05) is 19.6 Å². The Morgan fingerprint density at radius 1 is 0.911 bits per heavy atom. The molecule has 10 heteroatoms. The van der Waals surface area contributed by atoms with E-state index in [2.05, 4.69) is 21.0 Å². The molecule has 0 saturated carbocycles. The number of nitrogens with one attached hydrogen (secondary N) is 2. The lowest BCUT2D eigenvalue weighted by Crippen LogP contribution is -2.57. The van der Waals surface area contributed by atoms with Gasteiger partial charge in [-0.05, 0) is 78.3 Å². The van der Waals surface area contributed by atoms with Gasteiger partial charge in [0, 0.05) is 74.2 Å². The summed E-state index contributed by atoms with van der Waals surface area (Å²) in [6.07, 6.45) is 6.16. The molecule has 3 aromatic carbocycles. The zero-order valence-corrected chi connectivity index (χ0v) is 26.8. The summed E-state index contributed by atoms with van der Waals surface area (Å²) in [6, 6.07) is 18.0. The predicted molar refractivity (Wildman–Crippen MR) is 178 cm³/mol. The maximum absolute atomic E-state index is 14.1. The zero-order chi connectivity index (χ0) is 31.7. The second-order valence-electron chi connectivity index (χ2n) is 11.9. The molecule has 7 nitrogen and oxygen atoms in total. The van der Waals surface area contributed by atoms with Crippen LogP contribution < -0.4 is 0 Å². The van der Waals surface area contributed by atoms with Gasteiger partial charge >= 0.3 is 0 Å². The van der Waals surface area contributed by atoms with Crippen molar-refractivity contribution < 1.29 is 14.0 Å². The number of nitrogens with zero attached hydrogens (tertiary/aromatic N) is 3. The number of fused-ring (bicyclic) bond motifs is 2. The molecular weight excluding hydrogens is 612 g/mol. The van der Waals surface area contributed by atoms with Gasteiger partial charge in [0.05, 0.1) is 16.1 Å². The molecule has 1 fully saturated rings. The number of hydrogen-bond acceptors (Lipinski definition) is 3. The lowest BCUT2D eigenvalue weighted by atomic mass is 9.89. The molecule has 1 aliphatic heterocycles. The van der Waals surface area contributed by atoms with E-state index >= 15 is 0 Å². The summed E-state index contributed by atoms with van der Waals surface area (Å²) in [6.45, 7) is 5.12. The van der Waals surface area contributed by atoms with Crippen molar-refractivity contribution in [3.63, 3.8) is 0 Å². The third kappa shape index (κ3) is 6.73. The molecule has 2 aromatic heterocycles. The molecule has 0 unspecified atom stereocenters. The normalized spacial score (nSPS) is 15.0. The van der Waals surface area contributed by atoms with Gasteiger partial charge in [-0.15, -0.1) is 0 Å². The lowest BCUT2D eigenvalue weighted by Gasteiger charge is -2.44. The highest BCUT2D eigenvalue weighted by atomic mass is 35.5. The average Bonchev–Trinajstić information content (AvgIpc) is 3.63. The summed E-state index contributed by atoms with van der Waals surface area (Å²) in [5, 5.41) is 6.88. The Morgan fingerprint density at radius 3 is 2.38 bits per heavy atom. The number of amides is 2. The Labute approximate surface area is 271 Å². The van der Waals surface area contributed by atoms with Gasteiger partial charge in [-0.2, -0.15) is 0 Å². The van der Waals surface area contributed by atoms with Crippen molar-refractivity contribution in [2.24, 2.45) is 0 Å². The van der Waals surface area contributed by atoms with Crippen molar-refractivity contribution >= 4 is 56.8 Å². The van der Waals surface area contributed by atoms with Gasteiger partial charge < -0.3 is 14.9 Å². The van der Waals surface area contributed by atoms with Crippen LogP contribution in [0.25, 0.3) is 21.8 Å². The first kappa shape index (κ1) is 31.1. The summed E-state index contributed by atoms with van der Waals surface area (Å²) in [5.74, 6) is -0.190. The summed E-state index contributed by atoms with van der Waals surface area (Å²) >= 11 is 12.4. The molecule has 1 aliphatic rings. The van der Waals surface area contributed by atoms with Crippen molar-refractivity contribution in [1.82, 2.24) is 24.9 Å². The van der Waals surface area contributed by atoms with E-state index in [9.17, 15) is 14.0 Å². The van der Waals surface area contributed by atoms with E-state index in [-0.39, 0.29) is 29.6 Å². The molecule has 0 aliphatic carbocycles. The summed E-state index contributed by atoms with van der Waals surface area (Å²) in [4.78, 5) is 34.9. The fourth-order valence-electron chi connectivity index (χ4n) is 6.73. The topological polar surface area (TPSA) is 75.4 Å². The zero-order valence-electron chi connectivity index (χ0n) is 25.3. The number of carbonyl (C=O) groups is 2. The van der Waals surface area contributed by atoms with Gasteiger partial charge in [0.25, 0.3) is 0 Å². The number of rotatable bonds is 9. The van der Waals surface area contributed by atoms with Gasteiger partial charge in [0.2, 0.25) is 11.8 Å². The third-order valence-electron chi connectivity index (χ3n) is 8.92. The molecule has 3 heterocycles. The van der Waals surface area contributed by atoms with Gasteiger partial charge in [-0.1, -0.05) is 47.5 Å². The fourth-order valence-corrected chi connectivity index (χ4v) is 7.05. The van der Waals surface area contributed by atoms with Crippen LogP contribution in [0, 0.1) is 5.82 Å². The Kier molecular flexibility index (Phi) is 9.17. The number of para-hydroxylation sites is 1. The predicted octanol–water partition coefficient (Wildman–Crippen LogP) is 7.70. The summed E-state index contributed by atoms with van der Waals surface area (Å²) < 4.78 is 14.1. The number of aromatic amines is 2. The Bertz CT molecular complexity index is 1840. The van der Waals surface area contributed by atoms with Crippen LogP contribution in [0.15, 0.2) is 73.1 Å². The fraction of sp³-hybridized carbons (Fsp3) is 0.314. The quantitative estimate of drug-likeness (QED) is 0.172. The maximum Gasteiger partial charge on any atom is 0.234 e. The molecule has 5 aromatic rings. The second-order valence-corrected chi connectivity index (χ2v) is 12.7. The molecule has 1 atom stereocenters. The van der Waals surface area contributed by atoms with E-state index in [1.54, 1.807) is 43.0 Å². The van der Waals surface area contributed by atoms with Gasteiger partial charge in [0.1, 0.15) is 5.82 Å². The summed E-state index contributed by atoms with van der Waals surface area (Å²) in [7, 11) is 0. The molecule has 2 amide bonds. The minimum Gasteiger partial charge on any atom is -0.361 e. The minimum absolute atomic E-state index is 0.0782. The van der Waals surface area contributed by atoms with Crippen molar-refractivity contribution in [2.45, 2.75) is 51.6 Å². The highest BCUT2D eigenvalue weighted by Crippen LogP contribution is 2.35. The Balaban J connectivity index is 1.28. The molecular formula is C35H36Cl2FN5O2. The average molecular weight is 649 g/mol. The van der Waals surface area contributed by atoms with E-state index in [1.165, 1.54) is 6.07 Å². The van der Waals surface area contributed by atoms with Gasteiger partial charge in [-0.25, -0.2) is 9.40 Å². The Morgan fingerprint density at radius 2 is 1.64 bits per heavy atom. The van der Waals surface area contributed by atoms with Crippen LogP contribution in [-0.4, -0.2) is 62.4 Å². The number of piperidine rings is 1. The first-order chi connectivity index (χ1) is 21.7. The molecule has 234 valence electrons. The number of aromatic nitrogens is 2. The van der Waals surface area contributed by atoms with Crippen LogP contribution in [0.5, 0.6) is 0 Å². The van der Waals surface area contributed by atoms with E-state index in [4.69, 9.17) is 23.2 Å².